The maximum Gasteiger partial charge on any atom is 0.146 e. The lowest BCUT2D eigenvalue weighted by molar-refractivity contribution is 0.299. The molecule has 0 aliphatic heterocycles. The molecule has 0 bridgehead atoms. The number of anilines is 2. The zero-order valence-corrected chi connectivity index (χ0v) is 8.64. The van der Waals surface area contributed by atoms with Crippen LogP contribution in [0.3, 0.4) is 0 Å². The molecule has 0 atom stereocenters. The first-order valence-corrected chi connectivity index (χ1v) is 4.74. The highest BCUT2D eigenvalue weighted by Crippen LogP contribution is 2.21. The molecule has 3 N–H and O–H groups in total. The van der Waals surface area contributed by atoms with Gasteiger partial charge in [-0.15, -0.1) is 0 Å². The van der Waals surface area contributed by atoms with E-state index in [0.717, 1.165) is 5.69 Å². The minimum atomic E-state index is 0.118. The van der Waals surface area contributed by atoms with Crippen LogP contribution in [0.5, 0.6) is 0 Å². The molecule has 78 valence electrons. The number of rotatable bonds is 4. The normalized spacial score (nSPS) is 10.6. The number of nitrogens with zero attached hydrogens (tertiary/aromatic N) is 2. The van der Waals surface area contributed by atoms with E-state index in [4.69, 9.17) is 10.8 Å². The summed E-state index contributed by atoms with van der Waals surface area (Å²) >= 11 is 0. The number of nitrogen functional groups attached to an aromatic ring is 1. The van der Waals surface area contributed by atoms with Gasteiger partial charge in [-0.1, -0.05) is 0 Å². The summed E-state index contributed by atoms with van der Waals surface area (Å²) in [6.45, 7) is 4.81. The lowest BCUT2D eigenvalue weighted by Gasteiger charge is -2.28. The van der Waals surface area contributed by atoms with E-state index in [1.54, 1.807) is 6.20 Å². The van der Waals surface area contributed by atoms with Crippen LogP contribution in [-0.2, 0) is 0 Å². The van der Waals surface area contributed by atoms with Crippen LogP contribution in [0.25, 0.3) is 0 Å². The molecule has 0 fully saturated rings. The van der Waals surface area contributed by atoms with Crippen molar-refractivity contribution in [3.63, 3.8) is 0 Å². The van der Waals surface area contributed by atoms with Gasteiger partial charge < -0.3 is 15.7 Å². The Labute approximate surface area is 84.4 Å². The van der Waals surface area contributed by atoms with E-state index in [9.17, 15) is 0 Å². The fraction of sp³-hybridized carbons (Fsp3) is 0.500. The number of hydrogen-bond acceptors (Lipinski definition) is 4. The van der Waals surface area contributed by atoms with Crippen molar-refractivity contribution in [1.29, 1.82) is 0 Å². The first kappa shape index (κ1) is 10.8. The third-order valence-electron chi connectivity index (χ3n) is 2.09. The summed E-state index contributed by atoms with van der Waals surface area (Å²) in [7, 11) is 0. The summed E-state index contributed by atoms with van der Waals surface area (Å²) in [6, 6.07) is 4.06. The van der Waals surface area contributed by atoms with Gasteiger partial charge in [-0.25, -0.2) is 4.98 Å². The zero-order chi connectivity index (χ0) is 10.6. The molecule has 4 nitrogen and oxygen atoms in total. The van der Waals surface area contributed by atoms with Crippen LogP contribution >= 0.6 is 0 Å². The highest BCUT2D eigenvalue weighted by Gasteiger charge is 2.12. The second-order valence-electron chi connectivity index (χ2n) is 3.42. The molecule has 0 spiro atoms. The van der Waals surface area contributed by atoms with Crippen molar-refractivity contribution >= 4 is 11.5 Å². The fourth-order valence-electron chi connectivity index (χ4n) is 1.42. The predicted octanol–water partition coefficient (Wildman–Crippen LogP) is 0.871. The molecule has 1 aromatic rings. The van der Waals surface area contributed by atoms with Crippen molar-refractivity contribution in [2.24, 2.45) is 0 Å². The van der Waals surface area contributed by atoms with Gasteiger partial charge in [0.2, 0.25) is 0 Å². The van der Waals surface area contributed by atoms with E-state index in [1.165, 1.54) is 0 Å². The quantitative estimate of drug-likeness (QED) is 0.748. The summed E-state index contributed by atoms with van der Waals surface area (Å²) in [5.74, 6) is 0.509. The smallest absolute Gasteiger partial charge is 0.146 e. The maximum absolute atomic E-state index is 8.93. The number of pyridine rings is 1. The Morgan fingerprint density at radius 2 is 2.29 bits per heavy atom. The van der Waals surface area contributed by atoms with Gasteiger partial charge in [0.05, 0.1) is 12.3 Å². The van der Waals surface area contributed by atoms with Gasteiger partial charge in [-0.2, -0.15) is 0 Å². The third-order valence-corrected chi connectivity index (χ3v) is 2.09. The van der Waals surface area contributed by atoms with Gasteiger partial charge in [0, 0.05) is 18.8 Å². The maximum atomic E-state index is 8.93. The molecule has 0 unspecified atom stereocenters. The molecule has 4 heteroatoms. The Balaban J connectivity index is 2.93. The molecular weight excluding hydrogens is 178 g/mol. The molecule has 0 aromatic carbocycles. The predicted molar refractivity (Wildman–Crippen MR) is 58.2 cm³/mol. The summed E-state index contributed by atoms with van der Waals surface area (Å²) < 4.78 is 0. The van der Waals surface area contributed by atoms with Crippen molar-refractivity contribution in [2.75, 3.05) is 23.8 Å². The second-order valence-corrected chi connectivity index (χ2v) is 3.42. The molecule has 0 aliphatic carbocycles. The largest absolute Gasteiger partial charge is 0.395 e. The van der Waals surface area contributed by atoms with Crippen LogP contribution in [0.2, 0.25) is 0 Å². The molecular formula is C10H17N3O. The molecule has 0 radical (unpaired) electrons. The Kier molecular flexibility index (Phi) is 3.71. The SMILES string of the molecule is CC(C)N(CCO)c1cccnc1N. The van der Waals surface area contributed by atoms with Gasteiger partial charge in [-0.3, -0.25) is 0 Å². The Morgan fingerprint density at radius 3 is 2.79 bits per heavy atom. The van der Waals surface area contributed by atoms with Gasteiger partial charge in [0.15, 0.2) is 0 Å². The van der Waals surface area contributed by atoms with Crippen molar-refractivity contribution in [1.82, 2.24) is 4.98 Å². The summed E-state index contributed by atoms with van der Waals surface area (Å²) in [5.41, 5.74) is 6.64. The lowest BCUT2D eigenvalue weighted by Crippen LogP contribution is -2.34. The monoisotopic (exact) mass is 195 g/mol. The lowest BCUT2D eigenvalue weighted by atomic mass is 10.2. The van der Waals surface area contributed by atoms with E-state index in [-0.39, 0.29) is 6.61 Å². The average Bonchev–Trinajstić information content (AvgIpc) is 2.15. The number of aliphatic hydroxyl groups is 1. The molecule has 0 aliphatic rings. The minimum Gasteiger partial charge on any atom is -0.395 e. The molecule has 1 aromatic heterocycles. The first-order chi connectivity index (χ1) is 6.66. The van der Waals surface area contributed by atoms with Crippen LogP contribution in [0.15, 0.2) is 18.3 Å². The molecule has 0 saturated heterocycles. The Bertz CT molecular complexity index is 288. The number of nitrogens with two attached hydrogens (primary N) is 1. The van der Waals surface area contributed by atoms with E-state index in [0.29, 0.717) is 18.4 Å². The standard InChI is InChI=1S/C10H17N3O/c1-8(2)13(6-7-14)9-4-3-5-12-10(9)11/h3-5,8,14H,6-7H2,1-2H3,(H2,11,12). The second kappa shape index (κ2) is 4.81. The van der Waals surface area contributed by atoms with Crippen molar-refractivity contribution in [3.8, 4) is 0 Å². The van der Waals surface area contributed by atoms with Gasteiger partial charge in [0.25, 0.3) is 0 Å². The topological polar surface area (TPSA) is 62.4 Å². The van der Waals surface area contributed by atoms with Gasteiger partial charge in [0.1, 0.15) is 5.82 Å². The van der Waals surface area contributed by atoms with Crippen LogP contribution in [-0.4, -0.2) is 29.3 Å². The molecule has 0 amide bonds. The van der Waals surface area contributed by atoms with Crippen molar-refractivity contribution in [3.05, 3.63) is 18.3 Å². The zero-order valence-electron chi connectivity index (χ0n) is 8.64. The first-order valence-electron chi connectivity index (χ1n) is 4.74. The summed E-state index contributed by atoms with van der Waals surface area (Å²) in [4.78, 5) is 6.05. The average molecular weight is 195 g/mol. The fourth-order valence-corrected chi connectivity index (χ4v) is 1.42. The summed E-state index contributed by atoms with van der Waals surface area (Å²) in [5, 5.41) is 8.93. The highest BCUT2D eigenvalue weighted by atomic mass is 16.3. The van der Waals surface area contributed by atoms with Crippen LogP contribution < -0.4 is 10.6 Å². The van der Waals surface area contributed by atoms with Crippen LogP contribution in [0.1, 0.15) is 13.8 Å². The molecule has 14 heavy (non-hydrogen) atoms. The van der Waals surface area contributed by atoms with E-state index >= 15 is 0 Å². The highest BCUT2D eigenvalue weighted by molar-refractivity contribution is 5.63. The third kappa shape index (κ3) is 2.35. The summed E-state index contributed by atoms with van der Waals surface area (Å²) in [6.07, 6.45) is 1.66. The molecule has 1 rings (SSSR count). The number of hydrogen-bond donors (Lipinski definition) is 2. The minimum absolute atomic E-state index is 0.118. The number of aromatic nitrogens is 1. The Hall–Kier alpha value is -1.29. The molecule has 1 heterocycles. The van der Waals surface area contributed by atoms with Crippen LogP contribution in [0.4, 0.5) is 11.5 Å². The van der Waals surface area contributed by atoms with Crippen LogP contribution in [0, 0.1) is 0 Å². The molecule has 0 saturated carbocycles. The Morgan fingerprint density at radius 1 is 1.57 bits per heavy atom. The van der Waals surface area contributed by atoms with E-state index in [2.05, 4.69) is 18.8 Å². The van der Waals surface area contributed by atoms with Crippen molar-refractivity contribution in [2.45, 2.75) is 19.9 Å². The van der Waals surface area contributed by atoms with E-state index in [1.807, 2.05) is 17.0 Å². The number of aliphatic hydroxyl groups excluding tert-OH is 1. The van der Waals surface area contributed by atoms with E-state index < -0.39 is 0 Å². The van der Waals surface area contributed by atoms with Gasteiger partial charge >= 0.3 is 0 Å². The van der Waals surface area contributed by atoms with Gasteiger partial charge in [-0.05, 0) is 26.0 Å². The van der Waals surface area contributed by atoms with Crippen molar-refractivity contribution < 1.29 is 5.11 Å².